The van der Waals surface area contributed by atoms with Crippen molar-refractivity contribution in [2.24, 2.45) is 10.8 Å². The van der Waals surface area contributed by atoms with Gasteiger partial charge in [0.1, 0.15) is 35.7 Å². The van der Waals surface area contributed by atoms with Crippen molar-refractivity contribution in [1.29, 1.82) is 0 Å². The lowest BCUT2D eigenvalue weighted by Crippen LogP contribution is -2.56. The first-order valence-electron chi connectivity index (χ1n) is 24.8. The Kier molecular flexibility index (Phi) is 18.7. The molecule has 2 saturated carbocycles. The van der Waals surface area contributed by atoms with E-state index in [0.29, 0.717) is 37.2 Å². The monoisotopic (exact) mass is 999 g/mol. The first-order chi connectivity index (χ1) is 34.5. The molecule has 0 spiro atoms. The summed E-state index contributed by atoms with van der Waals surface area (Å²) < 4.78 is 10.4. The maximum atomic E-state index is 13.5. The first kappa shape index (κ1) is 55.0. The first-order valence-corrected chi connectivity index (χ1v) is 24.8. The topological polar surface area (TPSA) is 227 Å². The van der Waals surface area contributed by atoms with Gasteiger partial charge >= 0.3 is 0 Å². The van der Waals surface area contributed by atoms with Crippen LogP contribution in [-0.4, -0.2) is 97.5 Å². The third kappa shape index (κ3) is 15.3. The highest BCUT2D eigenvalue weighted by Crippen LogP contribution is 2.47. The third-order valence-corrected chi connectivity index (χ3v) is 14.1. The smallest absolute Gasteiger partial charge is 0.243 e. The van der Waals surface area contributed by atoms with Gasteiger partial charge in [-0.15, -0.1) is 0 Å². The van der Waals surface area contributed by atoms with Crippen LogP contribution in [0.1, 0.15) is 94.9 Å². The van der Waals surface area contributed by atoms with Gasteiger partial charge in [-0.25, -0.2) is 0 Å². The van der Waals surface area contributed by atoms with Gasteiger partial charge in [0.25, 0.3) is 0 Å². The minimum atomic E-state index is -0.915. The van der Waals surface area contributed by atoms with E-state index in [0.717, 1.165) is 47.9 Å². The second-order valence-corrected chi connectivity index (χ2v) is 19.9. The number of carbonyl (C=O) groups excluding carboxylic acids is 8. The molecule has 0 unspecified atom stereocenters. The highest BCUT2D eigenvalue weighted by Gasteiger charge is 2.49. The molecule has 2 saturated heterocycles. The molecule has 0 aromatic heterocycles. The molecule has 6 amide bonds. The molecule has 8 rings (SSSR count). The lowest BCUT2D eigenvalue weighted by molar-refractivity contribution is -0.133. The Balaban J connectivity index is 0.000000235. The van der Waals surface area contributed by atoms with Gasteiger partial charge in [0.2, 0.25) is 35.4 Å². The molecule has 4 aromatic rings. The Morgan fingerprint density at radius 3 is 1.10 bits per heavy atom. The molecule has 4 fully saturated rings. The number of benzene rings is 4. The quantitative estimate of drug-likeness (QED) is 0.0629. The molecule has 6 atom stereocenters. The third-order valence-electron chi connectivity index (χ3n) is 14.1. The zero-order valence-electron chi connectivity index (χ0n) is 41.4. The summed E-state index contributed by atoms with van der Waals surface area (Å²) in [6, 6.07) is 29.1. The van der Waals surface area contributed by atoms with E-state index in [1.54, 1.807) is 38.5 Å². The van der Waals surface area contributed by atoms with Crippen LogP contribution >= 0.6 is 0 Å². The number of rotatable bonds is 22. The van der Waals surface area contributed by atoms with Gasteiger partial charge in [-0.05, 0) is 97.9 Å². The molecule has 0 radical (unpaired) electrons. The fourth-order valence-electron chi connectivity index (χ4n) is 8.95. The molecule has 2 aliphatic heterocycles. The summed E-state index contributed by atoms with van der Waals surface area (Å²) in [7, 11) is 3.15. The zero-order valence-corrected chi connectivity index (χ0v) is 41.4. The maximum absolute atomic E-state index is 13.5. The maximum Gasteiger partial charge on any atom is 0.243 e. The average Bonchev–Trinajstić information content (AvgIpc) is 4.22. The number of carbonyl (C=O) groups is 8. The van der Waals surface area contributed by atoms with Crippen molar-refractivity contribution in [2.75, 3.05) is 14.2 Å². The van der Waals surface area contributed by atoms with Gasteiger partial charge in [0.05, 0.1) is 26.3 Å². The molecule has 4 aliphatic rings. The van der Waals surface area contributed by atoms with Crippen molar-refractivity contribution in [3.8, 4) is 11.5 Å². The summed E-state index contributed by atoms with van der Waals surface area (Å²) in [6.45, 7) is 3.86. The van der Waals surface area contributed by atoms with Gasteiger partial charge < -0.3 is 41.4 Å². The summed E-state index contributed by atoms with van der Waals surface area (Å²) in [4.78, 5) is 103. The van der Waals surface area contributed by atoms with Gasteiger partial charge in [-0.2, -0.15) is 0 Å². The Bertz CT molecular complexity index is 2400. The van der Waals surface area contributed by atoms with Crippen LogP contribution in [0.4, 0.5) is 0 Å². The number of nitrogens with one attached hydrogen (secondary N) is 6. The standard InChI is InChI=1S/2C28H33N3O5.CH4/c2*1-28(14-15-28)25(33)22(16-18-6-4-3-5-7-18)30-27(35)23(17-19-8-10-20(36-2)11-9-19)31-26(34)21-12-13-24(32)29-21;/h2*3-11,21-23H,12-17H2,1-2H3,(H,29,32)(H,30,35)(H,31,34);1H4/t21-,22+,23+;21-,22-,23-;/m10./s1. The van der Waals surface area contributed by atoms with E-state index in [1.807, 2.05) is 98.8 Å². The van der Waals surface area contributed by atoms with Crippen LogP contribution in [0.25, 0.3) is 0 Å². The van der Waals surface area contributed by atoms with E-state index in [-0.39, 0.29) is 56.5 Å². The van der Waals surface area contributed by atoms with E-state index in [4.69, 9.17) is 9.47 Å². The Morgan fingerprint density at radius 2 is 0.808 bits per heavy atom. The Morgan fingerprint density at radius 1 is 0.493 bits per heavy atom. The number of methoxy groups -OCH3 is 2. The van der Waals surface area contributed by atoms with Gasteiger partial charge in [-0.1, -0.05) is 106 Å². The molecule has 73 heavy (non-hydrogen) atoms. The van der Waals surface area contributed by atoms with Crippen LogP contribution in [0.5, 0.6) is 11.5 Å². The summed E-state index contributed by atoms with van der Waals surface area (Å²) in [5, 5.41) is 16.8. The molecule has 4 aromatic carbocycles. The van der Waals surface area contributed by atoms with E-state index >= 15 is 0 Å². The van der Waals surface area contributed by atoms with Crippen LogP contribution < -0.4 is 41.4 Å². The number of hydrogen-bond acceptors (Lipinski definition) is 10. The predicted octanol–water partition coefficient (Wildman–Crippen LogP) is 4.83. The largest absolute Gasteiger partial charge is 0.497 e. The molecule has 16 nitrogen and oxygen atoms in total. The van der Waals surface area contributed by atoms with E-state index in [2.05, 4.69) is 31.9 Å². The van der Waals surface area contributed by atoms with E-state index in [1.165, 1.54) is 0 Å². The van der Waals surface area contributed by atoms with E-state index < -0.39 is 70.7 Å². The number of Topliss-reactive ketones (excluding diaryl/α,β-unsaturated/α-hetero) is 2. The van der Waals surface area contributed by atoms with Crippen LogP contribution in [0.15, 0.2) is 109 Å². The van der Waals surface area contributed by atoms with Crippen LogP contribution in [0.2, 0.25) is 0 Å². The van der Waals surface area contributed by atoms with E-state index in [9.17, 15) is 38.4 Å². The fraction of sp³-hybridized carbons (Fsp3) is 0.439. The van der Waals surface area contributed by atoms with Crippen molar-refractivity contribution >= 4 is 47.0 Å². The second kappa shape index (κ2) is 24.9. The number of amides is 6. The molecule has 388 valence electrons. The highest BCUT2D eigenvalue weighted by atomic mass is 16.5. The van der Waals surface area contributed by atoms with Crippen molar-refractivity contribution < 1.29 is 47.8 Å². The summed E-state index contributed by atoms with van der Waals surface area (Å²) in [5.41, 5.74) is 2.71. The molecular formula is C57H70N6O10. The zero-order chi connectivity index (χ0) is 51.4. The van der Waals surface area contributed by atoms with Crippen molar-refractivity contribution in [2.45, 2.75) is 135 Å². The molecular weight excluding hydrogens is 929 g/mol. The number of hydrogen-bond donors (Lipinski definition) is 6. The lowest BCUT2D eigenvalue weighted by atomic mass is 9.92. The summed E-state index contributed by atoms with van der Waals surface area (Å²) >= 11 is 0. The summed E-state index contributed by atoms with van der Waals surface area (Å²) in [5.74, 6) is -0.648. The van der Waals surface area contributed by atoms with Crippen LogP contribution in [-0.2, 0) is 64.0 Å². The minimum absolute atomic E-state index is 0. The van der Waals surface area contributed by atoms with Crippen LogP contribution in [0.3, 0.4) is 0 Å². The van der Waals surface area contributed by atoms with Crippen molar-refractivity contribution in [1.82, 2.24) is 31.9 Å². The Labute approximate surface area is 427 Å². The lowest BCUT2D eigenvalue weighted by Gasteiger charge is -2.26. The second-order valence-electron chi connectivity index (χ2n) is 19.9. The average molecular weight is 999 g/mol. The molecule has 2 heterocycles. The predicted molar refractivity (Wildman–Crippen MR) is 275 cm³/mol. The Hall–Kier alpha value is -7.36. The normalized spacial score (nSPS) is 19.2. The molecule has 16 heteroatoms. The van der Waals surface area contributed by atoms with Crippen LogP contribution in [0, 0.1) is 10.8 Å². The number of ether oxygens (including phenoxy) is 2. The SMILES string of the molecule is C.COc1ccc(C[C@H](NC(=O)[C@@H]2CCC(=O)N2)C(=O)N[C@@H](Cc2ccccc2)C(=O)C2(C)CC2)cc1.COc1ccc(C[C@H](NC(=O)[C@H]2CCC(=O)N2)C(=O)N[C@@H](Cc2ccccc2)C(=O)C2(C)CC2)cc1. The fourth-order valence-corrected chi connectivity index (χ4v) is 8.95. The minimum Gasteiger partial charge on any atom is -0.497 e. The molecule has 2 aliphatic carbocycles. The molecule has 6 N–H and O–H groups in total. The number of ketones is 2. The summed E-state index contributed by atoms with van der Waals surface area (Å²) in [6.07, 6.45) is 5.76. The molecule has 0 bridgehead atoms. The van der Waals surface area contributed by atoms with Gasteiger partial charge in [-0.3, -0.25) is 38.4 Å². The highest BCUT2D eigenvalue weighted by molar-refractivity contribution is 5.99. The van der Waals surface area contributed by atoms with Crippen molar-refractivity contribution in [3.05, 3.63) is 131 Å². The van der Waals surface area contributed by atoms with Gasteiger partial charge in [0.15, 0.2) is 11.6 Å². The van der Waals surface area contributed by atoms with Crippen molar-refractivity contribution in [3.63, 3.8) is 0 Å². The van der Waals surface area contributed by atoms with Gasteiger partial charge in [0, 0.05) is 36.5 Å².